The molecule has 1 aliphatic carbocycles. The van der Waals surface area contributed by atoms with E-state index in [2.05, 4.69) is 5.32 Å². The van der Waals surface area contributed by atoms with Crippen molar-refractivity contribution >= 4 is 28.2 Å². The van der Waals surface area contributed by atoms with Crippen LogP contribution in [-0.2, 0) is 17.6 Å². The van der Waals surface area contributed by atoms with Crippen LogP contribution >= 0.6 is 11.3 Å². The van der Waals surface area contributed by atoms with E-state index in [-0.39, 0.29) is 5.91 Å². The zero-order valence-corrected chi connectivity index (χ0v) is 15.7. The van der Waals surface area contributed by atoms with Gasteiger partial charge < -0.3 is 20.5 Å². The van der Waals surface area contributed by atoms with Crippen molar-refractivity contribution in [3.63, 3.8) is 0 Å². The third kappa shape index (κ3) is 3.83. The van der Waals surface area contributed by atoms with Crippen LogP contribution in [0.15, 0.2) is 24.3 Å². The highest BCUT2D eigenvalue weighted by atomic mass is 32.1. The molecule has 1 aromatic heterocycles. The van der Waals surface area contributed by atoms with Crippen LogP contribution in [0.1, 0.15) is 40.6 Å². The molecule has 3 rings (SSSR count). The molecule has 2 aromatic rings. The van der Waals surface area contributed by atoms with Gasteiger partial charge in [0.2, 0.25) is 0 Å². The summed E-state index contributed by atoms with van der Waals surface area (Å²) >= 11 is 1.44. The second-order valence-corrected chi connectivity index (χ2v) is 7.31. The Morgan fingerprint density at radius 2 is 1.81 bits per heavy atom. The number of nitrogens with two attached hydrogens (primary N) is 1. The summed E-state index contributed by atoms with van der Waals surface area (Å²) in [4.78, 5) is 25.6. The van der Waals surface area contributed by atoms with Crippen LogP contribution in [0.25, 0.3) is 0 Å². The summed E-state index contributed by atoms with van der Waals surface area (Å²) in [6, 6.07) is 7.00. The van der Waals surface area contributed by atoms with Crippen molar-refractivity contribution in [2.75, 3.05) is 12.4 Å². The molecule has 0 saturated heterocycles. The minimum absolute atomic E-state index is 0.318. The summed E-state index contributed by atoms with van der Waals surface area (Å²) in [7, 11) is 1.59. The molecule has 1 heterocycles. The molecule has 2 amide bonds. The number of carbonyl (C=O) groups excluding carboxylic acids is 2. The minimum Gasteiger partial charge on any atom is -0.497 e. The number of rotatable bonds is 6. The molecule has 1 aromatic carbocycles. The number of methoxy groups -OCH3 is 1. The van der Waals surface area contributed by atoms with Crippen LogP contribution in [0.5, 0.6) is 11.5 Å². The quantitative estimate of drug-likeness (QED) is 0.813. The van der Waals surface area contributed by atoms with Crippen molar-refractivity contribution in [3.05, 3.63) is 40.3 Å². The Labute approximate surface area is 156 Å². The number of hydrogen-bond donors (Lipinski definition) is 2. The summed E-state index contributed by atoms with van der Waals surface area (Å²) in [6.07, 6.45) is 3.17. The molecule has 0 unspecified atom stereocenters. The molecule has 1 aliphatic rings. The minimum atomic E-state index is -0.719. The molecule has 0 aliphatic heterocycles. The zero-order chi connectivity index (χ0) is 18.7. The monoisotopic (exact) mass is 374 g/mol. The van der Waals surface area contributed by atoms with Crippen molar-refractivity contribution in [1.29, 1.82) is 0 Å². The standard InChI is InChI=1S/C19H22N2O4S/c1-11(25-13-9-7-12(24-2)8-10-13)18(23)21-19-16(17(20)22)14-5-3-4-6-15(14)26-19/h7-11H,3-6H2,1-2H3,(H2,20,22)(H,21,23)/t11-/m1/s1. The molecule has 26 heavy (non-hydrogen) atoms. The second-order valence-electron chi connectivity index (χ2n) is 6.20. The third-order valence-corrected chi connectivity index (χ3v) is 5.60. The molecule has 0 bridgehead atoms. The number of fused-ring (bicyclic) bond motifs is 1. The van der Waals surface area contributed by atoms with Crippen LogP contribution in [0.3, 0.4) is 0 Å². The van der Waals surface area contributed by atoms with Crippen molar-refractivity contribution < 1.29 is 19.1 Å². The lowest BCUT2D eigenvalue weighted by Crippen LogP contribution is -2.30. The number of carbonyl (C=O) groups is 2. The number of ether oxygens (including phenoxy) is 2. The summed E-state index contributed by atoms with van der Waals surface area (Å²) in [5.74, 6) is 0.462. The predicted molar refractivity (Wildman–Crippen MR) is 101 cm³/mol. The van der Waals surface area contributed by atoms with E-state index in [1.807, 2.05) is 0 Å². The molecule has 0 saturated carbocycles. The van der Waals surface area contributed by atoms with E-state index < -0.39 is 12.0 Å². The molecule has 0 spiro atoms. The van der Waals surface area contributed by atoms with E-state index in [1.54, 1.807) is 38.3 Å². The summed E-state index contributed by atoms with van der Waals surface area (Å²) in [6.45, 7) is 1.66. The van der Waals surface area contributed by atoms with E-state index in [9.17, 15) is 9.59 Å². The lowest BCUT2D eigenvalue weighted by atomic mass is 9.95. The second kappa shape index (κ2) is 7.78. The van der Waals surface area contributed by atoms with Gasteiger partial charge in [0.05, 0.1) is 12.7 Å². The number of aryl methyl sites for hydroxylation is 1. The number of thiophene rings is 1. The molecular weight excluding hydrogens is 352 g/mol. The SMILES string of the molecule is COc1ccc(O[C@H](C)C(=O)Nc2sc3c(c2C(N)=O)CCCC3)cc1. The summed E-state index contributed by atoms with van der Waals surface area (Å²) in [5.41, 5.74) is 7.01. The van der Waals surface area contributed by atoms with E-state index in [1.165, 1.54) is 11.3 Å². The first-order valence-electron chi connectivity index (χ1n) is 8.55. The topological polar surface area (TPSA) is 90.7 Å². The maximum atomic E-state index is 12.5. The average molecular weight is 374 g/mol. The Morgan fingerprint density at radius 1 is 1.15 bits per heavy atom. The maximum Gasteiger partial charge on any atom is 0.265 e. The normalized spacial score (nSPS) is 14.2. The van der Waals surface area contributed by atoms with Gasteiger partial charge in [0.1, 0.15) is 16.5 Å². The first-order chi connectivity index (χ1) is 12.5. The molecular formula is C19H22N2O4S. The molecule has 1 atom stereocenters. The number of primary amides is 1. The molecule has 0 radical (unpaired) electrons. The van der Waals surface area contributed by atoms with Gasteiger partial charge in [0, 0.05) is 4.88 Å². The Morgan fingerprint density at radius 3 is 2.46 bits per heavy atom. The summed E-state index contributed by atoms with van der Waals surface area (Å²) in [5, 5.41) is 3.35. The Hall–Kier alpha value is -2.54. The van der Waals surface area contributed by atoms with E-state index in [4.69, 9.17) is 15.2 Å². The van der Waals surface area contributed by atoms with Crippen molar-refractivity contribution in [2.24, 2.45) is 5.73 Å². The highest BCUT2D eigenvalue weighted by molar-refractivity contribution is 7.17. The first kappa shape index (κ1) is 18.3. The van der Waals surface area contributed by atoms with Crippen LogP contribution in [0, 0.1) is 0 Å². The summed E-state index contributed by atoms with van der Waals surface area (Å²) < 4.78 is 10.8. The molecule has 0 fully saturated rings. The van der Waals surface area contributed by atoms with Gasteiger partial charge in [-0.05, 0) is 62.4 Å². The number of hydrogen-bond acceptors (Lipinski definition) is 5. The Balaban J connectivity index is 1.72. The van der Waals surface area contributed by atoms with Crippen molar-refractivity contribution in [3.8, 4) is 11.5 Å². The highest BCUT2D eigenvalue weighted by Crippen LogP contribution is 2.38. The van der Waals surface area contributed by atoms with Crippen molar-refractivity contribution in [1.82, 2.24) is 0 Å². The van der Waals surface area contributed by atoms with Gasteiger partial charge in [-0.25, -0.2) is 0 Å². The Kier molecular flexibility index (Phi) is 5.46. The smallest absolute Gasteiger partial charge is 0.265 e. The first-order valence-corrected chi connectivity index (χ1v) is 9.37. The van der Waals surface area contributed by atoms with Crippen LogP contribution in [0.4, 0.5) is 5.00 Å². The fourth-order valence-corrected chi connectivity index (χ4v) is 4.34. The van der Waals surface area contributed by atoms with Crippen molar-refractivity contribution in [2.45, 2.75) is 38.7 Å². The molecule has 3 N–H and O–H groups in total. The fraction of sp³-hybridized carbons (Fsp3) is 0.368. The number of amides is 2. The van der Waals surface area contributed by atoms with E-state index >= 15 is 0 Å². The fourth-order valence-electron chi connectivity index (χ4n) is 3.04. The van der Waals surface area contributed by atoms with Gasteiger partial charge in [-0.1, -0.05) is 0 Å². The average Bonchev–Trinajstić information content (AvgIpc) is 3.00. The molecule has 138 valence electrons. The van der Waals surface area contributed by atoms with Gasteiger partial charge >= 0.3 is 0 Å². The third-order valence-electron chi connectivity index (χ3n) is 4.40. The lowest BCUT2D eigenvalue weighted by Gasteiger charge is -2.15. The van der Waals surface area contributed by atoms with Crippen LogP contribution in [0.2, 0.25) is 0 Å². The number of nitrogens with one attached hydrogen (secondary N) is 1. The van der Waals surface area contributed by atoms with Gasteiger partial charge in [0.25, 0.3) is 11.8 Å². The zero-order valence-electron chi connectivity index (χ0n) is 14.8. The van der Waals surface area contributed by atoms with E-state index in [0.717, 1.165) is 36.1 Å². The van der Waals surface area contributed by atoms with Gasteiger partial charge in [-0.2, -0.15) is 0 Å². The van der Waals surface area contributed by atoms with Crippen LogP contribution in [-0.4, -0.2) is 25.0 Å². The number of anilines is 1. The van der Waals surface area contributed by atoms with E-state index in [0.29, 0.717) is 22.1 Å². The van der Waals surface area contributed by atoms with Crippen LogP contribution < -0.4 is 20.5 Å². The lowest BCUT2D eigenvalue weighted by molar-refractivity contribution is -0.122. The van der Waals surface area contributed by atoms with Gasteiger partial charge in [-0.15, -0.1) is 11.3 Å². The number of benzene rings is 1. The molecule has 6 nitrogen and oxygen atoms in total. The molecule has 7 heteroatoms. The van der Waals surface area contributed by atoms with Gasteiger partial charge in [-0.3, -0.25) is 9.59 Å². The maximum absolute atomic E-state index is 12.5. The predicted octanol–water partition coefficient (Wildman–Crippen LogP) is 3.14. The van der Waals surface area contributed by atoms with Gasteiger partial charge in [0.15, 0.2) is 6.10 Å². The largest absolute Gasteiger partial charge is 0.497 e. The Bertz CT molecular complexity index is 814. The highest BCUT2D eigenvalue weighted by Gasteiger charge is 2.26.